The predicted octanol–water partition coefficient (Wildman–Crippen LogP) is -2.38. The molecule has 1 atom stereocenters. The third kappa shape index (κ3) is 13.0. The number of carbonyl (C=O) groups excluding carboxylic acids is 1. The van der Waals surface area contributed by atoms with Gasteiger partial charge in [0.1, 0.15) is 12.1 Å². The molecule has 89 valence electrons. The number of nitrogens with two attached hydrogens (primary N) is 1. The molecule has 1 radical (unpaired) electrons. The molecule has 15 heavy (non-hydrogen) atoms. The Balaban J connectivity index is 0. The molecule has 0 bridgehead atoms. The van der Waals surface area contributed by atoms with Gasteiger partial charge in [-0.25, -0.2) is 0 Å². The number of carbonyl (C=O) groups is 1. The minimum absolute atomic E-state index is 0.0907. The van der Waals surface area contributed by atoms with E-state index in [4.69, 9.17) is 26.2 Å². The average molecular weight is 222 g/mol. The minimum Gasteiger partial charge on any atom is -0.480 e. The van der Waals surface area contributed by atoms with Crippen molar-refractivity contribution in [3.05, 3.63) is 0 Å². The molecule has 6 N–H and O–H groups in total. The first kappa shape index (κ1) is 16.4. The molecule has 0 rings (SSSR count). The van der Waals surface area contributed by atoms with Crippen LogP contribution in [0.15, 0.2) is 0 Å². The van der Waals surface area contributed by atoms with Crippen molar-refractivity contribution < 1.29 is 30.0 Å². The summed E-state index contributed by atoms with van der Waals surface area (Å²) in [6, 6.07) is -0.925. The first-order valence-electron chi connectivity index (χ1n) is 4.22. The highest BCUT2D eigenvalue weighted by atomic mass is 16.4. The Bertz CT molecular complexity index is 171. The van der Waals surface area contributed by atoms with Gasteiger partial charge < -0.3 is 26.2 Å². The summed E-state index contributed by atoms with van der Waals surface area (Å²) in [7, 11) is 0. The molecule has 7 nitrogen and oxygen atoms in total. The quantitative estimate of drug-likeness (QED) is 0.338. The number of aliphatic carboxylic acids is 1. The van der Waals surface area contributed by atoms with Crippen LogP contribution in [0.4, 0.5) is 0 Å². The monoisotopic (exact) mass is 222 g/mol. The van der Waals surface area contributed by atoms with Crippen LogP contribution in [0.25, 0.3) is 0 Å². The molecule has 0 aromatic heterocycles. The van der Waals surface area contributed by atoms with E-state index < -0.39 is 18.1 Å². The van der Waals surface area contributed by atoms with Crippen molar-refractivity contribution in [1.29, 1.82) is 0 Å². The van der Waals surface area contributed by atoms with Crippen LogP contribution in [0.3, 0.4) is 0 Å². The minimum atomic E-state index is -1.08. The highest BCUT2D eigenvalue weighted by Crippen LogP contribution is 1.90. The number of carboxylic acid groups (broad SMARTS) is 1. The molecule has 0 heterocycles. The molecular weight excluding hydrogens is 206 g/mol. The fraction of sp³-hybridized carbons (Fsp3) is 0.750. The van der Waals surface area contributed by atoms with E-state index in [-0.39, 0.29) is 26.1 Å². The number of aliphatic hydroxyl groups excluding tert-OH is 3. The summed E-state index contributed by atoms with van der Waals surface area (Å²) in [5, 5.41) is 32.2. The molecule has 0 spiro atoms. The topological polar surface area (TPSA) is 141 Å². The average Bonchev–Trinajstić information content (AvgIpc) is 2.25. The van der Waals surface area contributed by atoms with E-state index >= 15 is 0 Å². The number of hydrogen-bond donors (Lipinski definition) is 5. The van der Waals surface area contributed by atoms with E-state index in [9.17, 15) is 9.59 Å². The smallest absolute Gasteiger partial charge is 0.320 e. The Hall–Kier alpha value is -1.02. The maximum absolute atomic E-state index is 9.95. The summed E-state index contributed by atoms with van der Waals surface area (Å²) in [6.07, 6.45) is 0.863. The predicted molar refractivity (Wildman–Crippen MR) is 50.7 cm³/mol. The van der Waals surface area contributed by atoms with Crippen LogP contribution in [-0.4, -0.2) is 58.0 Å². The van der Waals surface area contributed by atoms with Crippen molar-refractivity contribution in [2.45, 2.75) is 25.0 Å². The summed E-state index contributed by atoms with van der Waals surface area (Å²) in [6.45, 7) is -0.729. The second kappa shape index (κ2) is 11.1. The summed E-state index contributed by atoms with van der Waals surface area (Å²) in [5.74, 6) is -1.08. The molecule has 0 aliphatic heterocycles. The Morgan fingerprint density at radius 3 is 2.00 bits per heavy atom. The van der Waals surface area contributed by atoms with Crippen molar-refractivity contribution in [2.24, 2.45) is 5.73 Å². The maximum Gasteiger partial charge on any atom is 0.320 e. The molecule has 0 aliphatic carbocycles. The lowest BCUT2D eigenvalue weighted by atomic mass is 10.2. The van der Waals surface area contributed by atoms with Gasteiger partial charge in [-0.15, -0.1) is 0 Å². The van der Waals surface area contributed by atoms with E-state index in [1.807, 2.05) is 0 Å². The number of hydrogen-bond acceptors (Lipinski definition) is 6. The van der Waals surface area contributed by atoms with Crippen LogP contribution in [0, 0.1) is 0 Å². The Labute approximate surface area is 87.1 Å². The largest absolute Gasteiger partial charge is 0.480 e. The Morgan fingerprint density at radius 1 is 1.33 bits per heavy atom. The van der Waals surface area contributed by atoms with Gasteiger partial charge in [-0.3, -0.25) is 9.59 Å². The first-order valence-corrected chi connectivity index (χ1v) is 4.22. The van der Waals surface area contributed by atoms with Crippen molar-refractivity contribution >= 4 is 12.3 Å². The fourth-order valence-electron chi connectivity index (χ4n) is 0.396. The third-order valence-corrected chi connectivity index (χ3v) is 1.30. The molecule has 0 unspecified atom stereocenters. The van der Waals surface area contributed by atoms with Gasteiger partial charge in [0, 0.05) is 6.42 Å². The first-order chi connectivity index (χ1) is 6.99. The Kier molecular flexibility index (Phi) is 12.1. The van der Waals surface area contributed by atoms with Gasteiger partial charge in [0.2, 0.25) is 0 Å². The van der Waals surface area contributed by atoms with Crippen LogP contribution >= 0.6 is 0 Å². The van der Waals surface area contributed by atoms with Crippen LogP contribution in [0.2, 0.25) is 0 Å². The number of carboxylic acids is 1. The molecule has 0 saturated carbocycles. The van der Waals surface area contributed by atoms with Crippen LogP contribution in [0.5, 0.6) is 0 Å². The summed E-state index contributed by atoms with van der Waals surface area (Å²) < 4.78 is 0. The highest BCUT2D eigenvalue weighted by molar-refractivity contribution is 5.73. The highest BCUT2D eigenvalue weighted by Gasteiger charge is 2.09. The van der Waals surface area contributed by atoms with Gasteiger partial charge in [-0.05, 0) is 6.42 Å². The van der Waals surface area contributed by atoms with E-state index in [1.54, 1.807) is 6.29 Å². The zero-order valence-electron chi connectivity index (χ0n) is 8.17. The molecule has 0 aliphatic rings. The zero-order chi connectivity index (χ0) is 12.3. The summed E-state index contributed by atoms with van der Waals surface area (Å²) >= 11 is 0. The SMILES string of the molecule is N[C@@H](CC[C]=O)C(=O)O.OCC(O)CO. The lowest BCUT2D eigenvalue weighted by Gasteiger charge is -1.99. The molecular formula is C8H16NO6. The molecule has 0 saturated heterocycles. The van der Waals surface area contributed by atoms with Crippen molar-refractivity contribution in [2.75, 3.05) is 13.2 Å². The molecule has 0 amide bonds. The van der Waals surface area contributed by atoms with Crippen LogP contribution in [0.1, 0.15) is 12.8 Å². The lowest BCUT2D eigenvalue weighted by Crippen LogP contribution is -2.29. The van der Waals surface area contributed by atoms with E-state index in [0.717, 1.165) is 0 Å². The zero-order valence-corrected chi connectivity index (χ0v) is 8.17. The van der Waals surface area contributed by atoms with Crippen molar-refractivity contribution in [3.8, 4) is 0 Å². The third-order valence-electron chi connectivity index (χ3n) is 1.30. The summed E-state index contributed by atoms with van der Waals surface area (Å²) in [4.78, 5) is 19.5. The Morgan fingerprint density at radius 2 is 1.80 bits per heavy atom. The van der Waals surface area contributed by atoms with Crippen molar-refractivity contribution in [1.82, 2.24) is 0 Å². The maximum atomic E-state index is 9.95. The van der Waals surface area contributed by atoms with Gasteiger partial charge in [0.05, 0.1) is 13.2 Å². The van der Waals surface area contributed by atoms with E-state index in [1.165, 1.54) is 0 Å². The van der Waals surface area contributed by atoms with E-state index in [0.29, 0.717) is 0 Å². The lowest BCUT2D eigenvalue weighted by molar-refractivity contribution is -0.138. The molecule has 7 heteroatoms. The second-order valence-electron chi connectivity index (χ2n) is 2.65. The molecule has 0 aromatic rings. The summed E-state index contributed by atoms with van der Waals surface area (Å²) in [5.41, 5.74) is 5.02. The van der Waals surface area contributed by atoms with Crippen LogP contribution < -0.4 is 5.73 Å². The number of aliphatic hydroxyl groups is 3. The normalized spacial score (nSPS) is 11.5. The molecule has 0 fully saturated rings. The van der Waals surface area contributed by atoms with Gasteiger partial charge >= 0.3 is 5.97 Å². The van der Waals surface area contributed by atoms with E-state index in [2.05, 4.69) is 0 Å². The number of rotatable bonds is 6. The standard InChI is InChI=1S/C5H8NO3.C3H8O3/c6-4(5(8)9)2-1-3-7;4-1-3(6)2-5/h4H,1-2,6H2,(H,8,9);3-6H,1-2H2/t4-;/m0./s1. The fourth-order valence-corrected chi connectivity index (χ4v) is 0.396. The van der Waals surface area contributed by atoms with Crippen LogP contribution in [-0.2, 0) is 9.59 Å². The van der Waals surface area contributed by atoms with Gasteiger partial charge in [0.25, 0.3) is 0 Å². The van der Waals surface area contributed by atoms with Gasteiger partial charge in [0.15, 0.2) is 6.29 Å². The van der Waals surface area contributed by atoms with Crippen molar-refractivity contribution in [3.63, 3.8) is 0 Å². The molecule has 0 aromatic carbocycles. The van der Waals surface area contributed by atoms with Gasteiger partial charge in [-0.1, -0.05) is 0 Å². The second-order valence-corrected chi connectivity index (χ2v) is 2.65. The van der Waals surface area contributed by atoms with Gasteiger partial charge in [-0.2, -0.15) is 0 Å².